The fourth-order valence-corrected chi connectivity index (χ4v) is 3.87. The zero-order valence-corrected chi connectivity index (χ0v) is 13.5. The second-order valence-electron chi connectivity index (χ2n) is 6.02. The summed E-state index contributed by atoms with van der Waals surface area (Å²) in [5.41, 5.74) is 5.71. The van der Waals surface area contributed by atoms with Crippen molar-refractivity contribution < 1.29 is 13.2 Å². The third kappa shape index (κ3) is 4.64. The second kappa shape index (κ2) is 7.04. The van der Waals surface area contributed by atoms with Crippen LogP contribution in [0.2, 0.25) is 0 Å². The Bertz CT molecular complexity index is 460. The zero-order chi connectivity index (χ0) is 15.5. The normalized spacial score (nSPS) is 26.0. The Morgan fingerprint density at radius 2 is 1.86 bits per heavy atom. The molecule has 2 aliphatic rings. The van der Waals surface area contributed by atoms with Gasteiger partial charge in [-0.2, -0.15) is 4.31 Å². The van der Waals surface area contributed by atoms with E-state index in [2.05, 4.69) is 4.90 Å². The van der Waals surface area contributed by atoms with Crippen LogP contribution in [-0.4, -0.2) is 87.0 Å². The minimum atomic E-state index is -3.14. The van der Waals surface area contributed by atoms with Gasteiger partial charge in [-0.1, -0.05) is 0 Å². The number of rotatable bonds is 4. The van der Waals surface area contributed by atoms with Crippen LogP contribution >= 0.6 is 0 Å². The van der Waals surface area contributed by atoms with Gasteiger partial charge in [0.1, 0.15) is 0 Å². The fraction of sp³-hybridized carbons (Fsp3) is 0.923. The van der Waals surface area contributed by atoms with Crippen molar-refractivity contribution in [1.29, 1.82) is 0 Å². The molecule has 1 atom stereocenters. The predicted molar refractivity (Wildman–Crippen MR) is 81.2 cm³/mol. The number of carbonyl (C=O) groups excluding carboxylic acids is 1. The molecule has 8 heteroatoms. The summed E-state index contributed by atoms with van der Waals surface area (Å²) >= 11 is 0. The summed E-state index contributed by atoms with van der Waals surface area (Å²) in [6, 6.07) is 0. The molecule has 2 fully saturated rings. The SMILES string of the molecule is CS(=O)(=O)N1CCN(C(=O)CN2CCCC(CN)C2)CC1. The van der Waals surface area contributed by atoms with Crippen LogP contribution in [0.1, 0.15) is 12.8 Å². The van der Waals surface area contributed by atoms with Crippen molar-refractivity contribution in [2.75, 3.05) is 58.6 Å². The van der Waals surface area contributed by atoms with Crippen molar-refractivity contribution in [3.05, 3.63) is 0 Å². The Balaban J connectivity index is 1.80. The largest absolute Gasteiger partial charge is 0.339 e. The molecule has 2 rings (SSSR count). The quantitative estimate of drug-likeness (QED) is 0.701. The Morgan fingerprint density at radius 1 is 1.19 bits per heavy atom. The first kappa shape index (κ1) is 16.7. The average molecular weight is 318 g/mol. The van der Waals surface area contributed by atoms with Gasteiger partial charge in [0, 0.05) is 32.7 Å². The summed E-state index contributed by atoms with van der Waals surface area (Å²) in [5.74, 6) is 0.592. The standard InChI is InChI=1S/C13H26N4O3S/c1-21(19,20)17-7-5-16(6-8-17)13(18)11-15-4-2-3-12(9-14)10-15/h12H,2-11,14H2,1H3. The van der Waals surface area contributed by atoms with Crippen molar-refractivity contribution >= 4 is 15.9 Å². The number of hydrogen-bond donors (Lipinski definition) is 1. The van der Waals surface area contributed by atoms with E-state index in [1.54, 1.807) is 4.90 Å². The van der Waals surface area contributed by atoms with Gasteiger partial charge in [0.2, 0.25) is 15.9 Å². The molecule has 2 aliphatic heterocycles. The average Bonchev–Trinajstić information content (AvgIpc) is 2.46. The van der Waals surface area contributed by atoms with Gasteiger partial charge in [0.05, 0.1) is 12.8 Å². The number of hydrogen-bond acceptors (Lipinski definition) is 5. The van der Waals surface area contributed by atoms with Crippen LogP contribution < -0.4 is 5.73 Å². The smallest absolute Gasteiger partial charge is 0.236 e. The number of sulfonamides is 1. The molecule has 2 saturated heterocycles. The molecule has 0 aromatic carbocycles. The van der Waals surface area contributed by atoms with Gasteiger partial charge in [0.15, 0.2) is 0 Å². The highest BCUT2D eigenvalue weighted by atomic mass is 32.2. The summed E-state index contributed by atoms with van der Waals surface area (Å²) in [7, 11) is -3.14. The molecule has 0 spiro atoms. The molecule has 7 nitrogen and oxygen atoms in total. The van der Waals surface area contributed by atoms with Gasteiger partial charge in [-0.15, -0.1) is 0 Å². The van der Waals surface area contributed by atoms with Gasteiger partial charge in [0.25, 0.3) is 0 Å². The van der Waals surface area contributed by atoms with Crippen molar-refractivity contribution in [3.8, 4) is 0 Å². The van der Waals surface area contributed by atoms with E-state index >= 15 is 0 Å². The third-order valence-corrected chi connectivity index (χ3v) is 5.66. The van der Waals surface area contributed by atoms with Crippen molar-refractivity contribution in [3.63, 3.8) is 0 Å². The maximum Gasteiger partial charge on any atom is 0.236 e. The number of nitrogens with two attached hydrogens (primary N) is 1. The highest BCUT2D eigenvalue weighted by Gasteiger charge is 2.28. The molecular weight excluding hydrogens is 292 g/mol. The molecule has 2 heterocycles. The molecule has 0 aromatic heterocycles. The monoisotopic (exact) mass is 318 g/mol. The lowest BCUT2D eigenvalue weighted by molar-refractivity contribution is -0.134. The topological polar surface area (TPSA) is 87.0 Å². The Hall–Kier alpha value is -0.700. The van der Waals surface area contributed by atoms with Crippen LogP contribution in [0.25, 0.3) is 0 Å². The summed E-state index contributed by atoms with van der Waals surface area (Å²) in [6.45, 7) is 4.72. The van der Waals surface area contributed by atoms with E-state index in [-0.39, 0.29) is 5.91 Å². The van der Waals surface area contributed by atoms with E-state index in [1.165, 1.54) is 10.6 Å². The van der Waals surface area contributed by atoms with Crippen LogP contribution in [0.5, 0.6) is 0 Å². The first-order valence-electron chi connectivity index (χ1n) is 7.55. The number of likely N-dealkylation sites (tertiary alicyclic amines) is 1. The lowest BCUT2D eigenvalue weighted by Gasteiger charge is -2.36. The van der Waals surface area contributed by atoms with E-state index in [1.807, 2.05) is 0 Å². The van der Waals surface area contributed by atoms with Gasteiger partial charge < -0.3 is 10.6 Å². The van der Waals surface area contributed by atoms with Gasteiger partial charge in [-0.25, -0.2) is 8.42 Å². The fourth-order valence-electron chi connectivity index (χ4n) is 3.05. The Labute approximate surface area is 127 Å². The van der Waals surface area contributed by atoms with Crippen molar-refractivity contribution in [2.24, 2.45) is 11.7 Å². The van der Waals surface area contributed by atoms with Crippen LogP contribution in [0.15, 0.2) is 0 Å². The van der Waals surface area contributed by atoms with E-state index in [4.69, 9.17) is 5.73 Å². The molecule has 0 radical (unpaired) electrons. The van der Waals surface area contributed by atoms with Gasteiger partial charge in [-0.05, 0) is 31.8 Å². The van der Waals surface area contributed by atoms with Crippen LogP contribution in [0.4, 0.5) is 0 Å². The predicted octanol–water partition coefficient (Wildman–Crippen LogP) is -1.24. The summed E-state index contributed by atoms with van der Waals surface area (Å²) in [6.07, 6.45) is 3.45. The first-order valence-corrected chi connectivity index (χ1v) is 9.40. The minimum absolute atomic E-state index is 0.0980. The van der Waals surface area contributed by atoms with Crippen molar-refractivity contribution in [1.82, 2.24) is 14.1 Å². The summed E-state index contributed by atoms with van der Waals surface area (Å²) in [5, 5.41) is 0. The molecule has 21 heavy (non-hydrogen) atoms. The molecule has 0 aromatic rings. The van der Waals surface area contributed by atoms with E-state index in [0.717, 1.165) is 25.9 Å². The molecule has 0 saturated carbocycles. The highest BCUT2D eigenvalue weighted by molar-refractivity contribution is 7.88. The molecule has 0 aliphatic carbocycles. The van der Waals surface area contributed by atoms with Crippen LogP contribution in [0.3, 0.4) is 0 Å². The van der Waals surface area contributed by atoms with E-state index in [9.17, 15) is 13.2 Å². The highest BCUT2D eigenvalue weighted by Crippen LogP contribution is 2.15. The molecule has 1 unspecified atom stereocenters. The maximum absolute atomic E-state index is 12.3. The molecule has 122 valence electrons. The number of nitrogens with zero attached hydrogens (tertiary/aromatic N) is 3. The molecule has 1 amide bonds. The second-order valence-corrected chi connectivity index (χ2v) is 8.00. The van der Waals surface area contributed by atoms with Gasteiger partial charge >= 0.3 is 0 Å². The zero-order valence-electron chi connectivity index (χ0n) is 12.7. The number of piperazine rings is 1. The van der Waals surface area contributed by atoms with Gasteiger partial charge in [-0.3, -0.25) is 9.69 Å². The molecular formula is C13H26N4O3S. The lowest BCUT2D eigenvalue weighted by atomic mass is 9.98. The first-order chi connectivity index (χ1) is 9.90. The van der Waals surface area contributed by atoms with Crippen LogP contribution in [0, 0.1) is 5.92 Å². The van der Waals surface area contributed by atoms with Crippen LogP contribution in [-0.2, 0) is 14.8 Å². The minimum Gasteiger partial charge on any atom is -0.339 e. The van der Waals surface area contributed by atoms with E-state index < -0.39 is 10.0 Å². The van der Waals surface area contributed by atoms with Crippen molar-refractivity contribution in [2.45, 2.75) is 12.8 Å². The summed E-state index contributed by atoms with van der Waals surface area (Å²) < 4.78 is 24.3. The molecule has 0 bridgehead atoms. The number of piperidine rings is 1. The Morgan fingerprint density at radius 3 is 2.43 bits per heavy atom. The maximum atomic E-state index is 12.3. The number of carbonyl (C=O) groups is 1. The Kier molecular flexibility index (Phi) is 5.59. The molecule has 2 N–H and O–H groups in total. The number of amides is 1. The summed E-state index contributed by atoms with van der Waals surface area (Å²) in [4.78, 5) is 16.2. The lowest BCUT2D eigenvalue weighted by Crippen LogP contribution is -2.53. The third-order valence-electron chi connectivity index (χ3n) is 4.36. The van der Waals surface area contributed by atoms with E-state index in [0.29, 0.717) is 45.2 Å².